The molecular formula is C37H61N5O5. The normalized spacial score (nSPS) is 15.2. The van der Waals surface area contributed by atoms with E-state index in [1.165, 1.54) is 30.0 Å². The Morgan fingerprint density at radius 2 is 1.62 bits per heavy atom. The van der Waals surface area contributed by atoms with Crippen LogP contribution in [0.15, 0.2) is 36.9 Å². The van der Waals surface area contributed by atoms with E-state index in [4.69, 9.17) is 6.42 Å². The third-order valence-electron chi connectivity index (χ3n) is 6.96. The van der Waals surface area contributed by atoms with Crippen LogP contribution in [0.1, 0.15) is 98.1 Å². The van der Waals surface area contributed by atoms with Gasteiger partial charge in [-0.3, -0.25) is 19.2 Å². The highest BCUT2D eigenvalue weighted by atomic mass is 16.2. The van der Waals surface area contributed by atoms with Crippen LogP contribution < -0.4 is 21.3 Å². The van der Waals surface area contributed by atoms with Crippen LogP contribution in [0.5, 0.6) is 0 Å². The van der Waals surface area contributed by atoms with E-state index in [1.807, 2.05) is 30.9 Å². The Hall–Kier alpha value is -4.13. The zero-order valence-corrected chi connectivity index (χ0v) is 30.1. The highest BCUT2D eigenvalue weighted by Crippen LogP contribution is 2.30. The fourth-order valence-corrected chi connectivity index (χ4v) is 4.87. The molecule has 1 heterocycles. The second kappa shape index (κ2) is 28.1. The largest absolute Gasteiger partial charge is 0.348 e. The van der Waals surface area contributed by atoms with E-state index in [1.54, 1.807) is 7.05 Å². The molecule has 3 unspecified atom stereocenters. The molecule has 1 aliphatic heterocycles. The van der Waals surface area contributed by atoms with Gasteiger partial charge in [0.05, 0.1) is 6.04 Å². The van der Waals surface area contributed by atoms with Gasteiger partial charge < -0.3 is 26.2 Å². The number of hydrogen-bond donors (Lipinski definition) is 4. The number of benzene rings is 1. The number of amides is 5. The van der Waals surface area contributed by atoms with Crippen LogP contribution >= 0.6 is 0 Å². The lowest BCUT2D eigenvalue weighted by atomic mass is 9.95. The molecule has 1 fully saturated rings. The lowest BCUT2D eigenvalue weighted by Gasteiger charge is -2.30. The van der Waals surface area contributed by atoms with Crippen LogP contribution in [0.3, 0.4) is 0 Å². The number of hydrogen-bond acceptors (Lipinski definition) is 5. The minimum atomic E-state index is -0.863. The molecule has 3 rings (SSSR count). The topological polar surface area (TPSA) is 137 Å². The summed E-state index contributed by atoms with van der Waals surface area (Å²) in [6, 6.07) is 6.97. The fraction of sp³-hybridized carbons (Fsp3) is 0.595. The van der Waals surface area contributed by atoms with Crippen molar-refractivity contribution < 1.29 is 24.0 Å². The van der Waals surface area contributed by atoms with Crippen molar-refractivity contribution >= 4 is 30.0 Å². The van der Waals surface area contributed by atoms with Gasteiger partial charge in [-0.25, -0.2) is 4.79 Å². The summed E-state index contributed by atoms with van der Waals surface area (Å²) >= 11 is 0. The molecule has 264 valence electrons. The number of fused-ring (bicyclic) bond motifs is 1. The molecule has 3 atom stereocenters. The van der Waals surface area contributed by atoms with E-state index in [9.17, 15) is 24.0 Å². The van der Waals surface area contributed by atoms with E-state index in [0.29, 0.717) is 12.8 Å². The fourth-order valence-electron chi connectivity index (χ4n) is 4.87. The Labute approximate surface area is 284 Å². The quantitative estimate of drug-likeness (QED) is 0.116. The first-order valence-corrected chi connectivity index (χ1v) is 17.0. The predicted octanol–water partition coefficient (Wildman–Crippen LogP) is 4.95. The Balaban J connectivity index is 0. The second-order valence-corrected chi connectivity index (χ2v) is 11.0. The number of Topliss-reactive ketones (excluding diaryl/α,β-unsaturated/α-hetero) is 1. The number of carbonyl (C=O) groups is 5. The summed E-state index contributed by atoms with van der Waals surface area (Å²) in [4.78, 5) is 59.9. The van der Waals surface area contributed by atoms with Gasteiger partial charge in [0, 0.05) is 32.6 Å². The van der Waals surface area contributed by atoms with Gasteiger partial charge in [-0.2, -0.15) is 0 Å². The average molecular weight is 656 g/mol. The van der Waals surface area contributed by atoms with Crippen molar-refractivity contribution in [3.05, 3.63) is 48.0 Å². The van der Waals surface area contributed by atoms with Gasteiger partial charge >= 0.3 is 6.03 Å². The summed E-state index contributed by atoms with van der Waals surface area (Å²) < 4.78 is 0. The summed E-state index contributed by atoms with van der Waals surface area (Å²) in [6.07, 6.45) is 13.7. The van der Waals surface area contributed by atoms with E-state index in [-0.39, 0.29) is 36.9 Å². The predicted molar refractivity (Wildman–Crippen MR) is 192 cm³/mol. The van der Waals surface area contributed by atoms with E-state index >= 15 is 0 Å². The maximum atomic E-state index is 13.0. The number of nitrogens with one attached hydrogen (secondary N) is 4. The zero-order chi connectivity index (χ0) is 36.2. The number of urea groups is 1. The monoisotopic (exact) mass is 655 g/mol. The van der Waals surface area contributed by atoms with Crippen LogP contribution in [0.25, 0.3) is 0 Å². The van der Waals surface area contributed by atoms with Crippen molar-refractivity contribution in [2.45, 2.75) is 118 Å². The van der Waals surface area contributed by atoms with Gasteiger partial charge in [-0.15, -0.1) is 18.9 Å². The molecule has 1 aromatic carbocycles. The highest BCUT2D eigenvalue weighted by molar-refractivity contribution is 6.38. The van der Waals surface area contributed by atoms with Crippen molar-refractivity contribution in [2.24, 2.45) is 5.92 Å². The Kier molecular flexibility index (Phi) is 26.9. The summed E-state index contributed by atoms with van der Waals surface area (Å²) in [7, 11) is 1.58. The molecule has 5 amide bonds. The number of rotatable bonds is 11. The first-order valence-electron chi connectivity index (χ1n) is 17.0. The van der Waals surface area contributed by atoms with Crippen LogP contribution in [0.4, 0.5) is 4.79 Å². The Morgan fingerprint density at radius 1 is 1.06 bits per heavy atom. The first kappa shape index (κ1) is 45.0. The minimum absolute atomic E-state index is 0.0661. The summed E-state index contributed by atoms with van der Waals surface area (Å²) in [5, 5.41) is 10.1. The summed E-state index contributed by atoms with van der Waals surface area (Å²) in [5.41, 5.74) is 2.59. The Morgan fingerprint density at radius 3 is 2.04 bits per heavy atom. The minimum Gasteiger partial charge on any atom is -0.348 e. The molecule has 2 aliphatic rings. The molecule has 0 aromatic heterocycles. The van der Waals surface area contributed by atoms with Gasteiger partial charge in [-0.05, 0) is 56.1 Å². The molecule has 10 heteroatoms. The van der Waals surface area contributed by atoms with Crippen molar-refractivity contribution in [3.8, 4) is 12.3 Å². The van der Waals surface area contributed by atoms with E-state index < -0.39 is 23.8 Å². The SMILES string of the molecule is C#CCCC(NC=O)C(=O)C(=O)NCC=C.CC.CCC.CCC.CNC(=O)NC(C(=O)N1CCCC1C)C1Cc2ccccc2C1. The first-order chi connectivity index (χ1) is 22.6. The number of ketones is 1. The Bertz CT molecular complexity index is 1090. The number of likely N-dealkylation sites (tertiary alicyclic amines) is 1. The molecule has 47 heavy (non-hydrogen) atoms. The lowest BCUT2D eigenvalue weighted by molar-refractivity contribution is -0.139. The van der Waals surface area contributed by atoms with Gasteiger partial charge in [0.1, 0.15) is 6.04 Å². The van der Waals surface area contributed by atoms with Gasteiger partial charge in [0.2, 0.25) is 18.1 Å². The van der Waals surface area contributed by atoms with E-state index in [0.717, 1.165) is 32.2 Å². The molecule has 4 N–H and O–H groups in total. The smallest absolute Gasteiger partial charge is 0.315 e. The molecule has 0 spiro atoms. The zero-order valence-electron chi connectivity index (χ0n) is 30.1. The highest BCUT2D eigenvalue weighted by Gasteiger charge is 2.38. The molecule has 1 aliphatic carbocycles. The third kappa shape index (κ3) is 17.4. The number of carbonyl (C=O) groups excluding carboxylic acids is 5. The molecule has 1 aromatic rings. The molecular weight excluding hydrogens is 594 g/mol. The standard InChI is InChI=1S/C18H25N3O2.C11H14N2O3.2C3H8.C2H6/c1-12-6-5-9-21(12)17(22)16(20-18(23)19-2)15-10-13-7-3-4-8-14(13)11-15;1-3-5-6-9(13-8-14)10(15)11(16)12-7-4-2;2*1-3-2;1-2/h3-4,7-8,12,15-16H,5-6,9-11H2,1-2H3,(H2,19,20,23);1,4,8-9H,2,5-7H2,(H,12,16)(H,13,14);2*3H2,1-2H3;1-2H3. The number of terminal acetylenes is 1. The molecule has 0 radical (unpaired) electrons. The van der Waals surface area contributed by atoms with Crippen LogP contribution in [0.2, 0.25) is 0 Å². The van der Waals surface area contributed by atoms with E-state index in [2.05, 4.69) is 80.5 Å². The van der Waals surface area contributed by atoms with Crippen LogP contribution in [-0.2, 0) is 32.0 Å². The van der Waals surface area contributed by atoms with Gasteiger partial charge in [0.25, 0.3) is 5.91 Å². The molecule has 1 saturated heterocycles. The maximum Gasteiger partial charge on any atom is 0.315 e. The molecule has 0 saturated carbocycles. The molecule has 0 bridgehead atoms. The molecule has 10 nitrogen and oxygen atoms in total. The van der Waals surface area contributed by atoms with Gasteiger partial charge in [-0.1, -0.05) is 84.7 Å². The average Bonchev–Trinajstić information content (AvgIpc) is 3.71. The number of nitrogens with zero attached hydrogens (tertiary/aromatic N) is 1. The third-order valence-corrected chi connectivity index (χ3v) is 6.96. The second-order valence-electron chi connectivity index (χ2n) is 11.0. The van der Waals surface area contributed by atoms with Crippen molar-refractivity contribution in [1.82, 2.24) is 26.2 Å². The van der Waals surface area contributed by atoms with Crippen molar-refractivity contribution in [1.29, 1.82) is 0 Å². The van der Waals surface area contributed by atoms with Crippen LogP contribution in [-0.4, -0.2) is 73.2 Å². The van der Waals surface area contributed by atoms with Crippen LogP contribution in [0, 0.1) is 18.3 Å². The van der Waals surface area contributed by atoms with Crippen molar-refractivity contribution in [2.75, 3.05) is 20.1 Å². The lowest BCUT2D eigenvalue weighted by Crippen LogP contribution is -2.55. The summed E-state index contributed by atoms with van der Waals surface area (Å²) in [5.74, 6) is 1.08. The van der Waals surface area contributed by atoms with Gasteiger partial charge in [0.15, 0.2) is 0 Å². The van der Waals surface area contributed by atoms with Crippen molar-refractivity contribution in [3.63, 3.8) is 0 Å². The maximum absolute atomic E-state index is 13.0. The summed E-state index contributed by atoms with van der Waals surface area (Å²) in [6.45, 7) is 19.0.